The smallest absolute Gasteiger partial charge is 0.293 e. The van der Waals surface area contributed by atoms with Gasteiger partial charge in [0.15, 0.2) is 0 Å². The molecule has 53 heavy (non-hydrogen) atoms. The highest BCUT2D eigenvalue weighted by molar-refractivity contribution is 6.76. The van der Waals surface area contributed by atoms with E-state index in [-0.39, 0.29) is 41.1 Å². The van der Waals surface area contributed by atoms with Crippen molar-refractivity contribution in [3.63, 3.8) is 0 Å². The third-order valence-corrected chi connectivity index (χ3v) is 11.7. The van der Waals surface area contributed by atoms with Gasteiger partial charge in [0.25, 0.3) is 12.3 Å². The molecule has 9 nitrogen and oxygen atoms in total. The van der Waals surface area contributed by atoms with Crippen LogP contribution in [-0.4, -0.2) is 45.1 Å². The van der Waals surface area contributed by atoms with Crippen LogP contribution in [0.5, 0.6) is 0 Å². The Labute approximate surface area is 301 Å². The molecule has 16 heteroatoms. The van der Waals surface area contributed by atoms with Crippen LogP contribution < -0.4 is 5.73 Å². The maximum absolute atomic E-state index is 15.9. The van der Waals surface area contributed by atoms with Gasteiger partial charge in [0, 0.05) is 43.7 Å². The predicted molar refractivity (Wildman–Crippen MR) is 185 cm³/mol. The van der Waals surface area contributed by atoms with E-state index >= 15 is 8.78 Å². The largest absolute Gasteiger partial charge is 0.368 e. The average molecular weight is 752 g/mol. The lowest BCUT2D eigenvalue weighted by Crippen LogP contribution is -2.37. The summed E-state index contributed by atoms with van der Waals surface area (Å²) in [4.78, 5) is 18.5. The van der Waals surface area contributed by atoms with E-state index in [0.29, 0.717) is 34.0 Å². The van der Waals surface area contributed by atoms with E-state index in [1.807, 2.05) is 0 Å². The van der Waals surface area contributed by atoms with Gasteiger partial charge >= 0.3 is 0 Å². The summed E-state index contributed by atoms with van der Waals surface area (Å²) in [7, 11) is -1.40. The van der Waals surface area contributed by atoms with Gasteiger partial charge in [-0.05, 0) is 66.3 Å². The topological polar surface area (TPSA) is 125 Å². The Morgan fingerprint density at radius 1 is 1.11 bits per heavy atom. The van der Waals surface area contributed by atoms with Gasteiger partial charge < -0.3 is 10.5 Å². The second-order valence-corrected chi connectivity index (χ2v) is 20.5. The summed E-state index contributed by atoms with van der Waals surface area (Å²) < 4.78 is 98.1. The van der Waals surface area contributed by atoms with E-state index in [2.05, 4.69) is 35.9 Å². The second-order valence-electron chi connectivity index (χ2n) is 14.9. The van der Waals surface area contributed by atoms with E-state index in [1.54, 1.807) is 35.0 Å². The standard InChI is InChI=1S/C37H35F6N7O2Si/c1-53(2,3)8-7-52-18-49-29-15-24(21-6-4-5-19(9-21)16-44)31(47-28(29)17-46-49)26(12-20-10-22(38)13-23(39)11-20)33(36(45)51)50-34-30(32(48-50)35(40)41)25-14-27(25)37(34,42)43/h4-6,9-11,13,15,17,25-27,33,35H,7-8,12,14,18H2,1-3H3,(H2,45,51)/t25-,26+,27+,33?/m0/s1. The number of primary amides is 1. The molecule has 5 aromatic rings. The normalized spacial score (nSPS) is 18.5. The van der Waals surface area contributed by atoms with Crippen LogP contribution in [0.15, 0.2) is 54.7 Å². The Morgan fingerprint density at radius 3 is 2.51 bits per heavy atom. The zero-order valence-electron chi connectivity index (χ0n) is 29.0. The Kier molecular flexibility index (Phi) is 9.22. The second kappa shape index (κ2) is 13.4. The number of nitrogens with two attached hydrogens (primary N) is 1. The number of alkyl halides is 4. The first-order valence-electron chi connectivity index (χ1n) is 17.0. The number of hydrogen-bond donors (Lipinski definition) is 1. The summed E-state index contributed by atoms with van der Waals surface area (Å²) in [5.74, 6) is -10.2. The molecule has 1 unspecified atom stereocenters. The van der Waals surface area contributed by atoms with Crippen molar-refractivity contribution in [2.45, 2.75) is 75.5 Å². The van der Waals surface area contributed by atoms with Crippen molar-refractivity contribution in [3.8, 4) is 17.2 Å². The minimum Gasteiger partial charge on any atom is -0.368 e. The van der Waals surface area contributed by atoms with Gasteiger partial charge in [-0.1, -0.05) is 31.8 Å². The van der Waals surface area contributed by atoms with Gasteiger partial charge in [-0.2, -0.15) is 24.2 Å². The SMILES string of the molecule is C[Si](C)(C)CCOCn1ncc2nc([C@@H](Cc3cc(F)cc(F)c3)C(C(N)=O)n3nc(C(F)F)c4c3C(F)(F)[C@@H]3C[C@H]43)c(-c3cccc(C#N)c3)cc21. The fraction of sp³-hybridized carbons (Fsp3) is 0.378. The summed E-state index contributed by atoms with van der Waals surface area (Å²) >= 11 is 0. The molecule has 2 aromatic carbocycles. The first-order valence-corrected chi connectivity index (χ1v) is 20.8. The minimum atomic E-state index is -3.61. The van der Waals surface area contributed by atoms with Crippen molar-refractivity contribution in [2.24, 2.45) is 11.7 Å². The van der Waals surface area contributed by atoms with Crippen LogP contribution >= 0.6 is 0 Å². The molecular weight excluding hydrogens is 717 g/mol. The minimum absolute atomic E-state index is 0.0105. The van der Waals surface area contributed by atoms with Crippen molar-refractivity contribution in [1.82, 2.24) is 24.5 Å². The molecule has 0 spiro atoms. The zero-order chi connectivity index (χ0) is 38.0. The number of ether oxygens (including phenoxy) is 1. The summed E-state index contributed by atoms with van der Waals surface area (Å²) in [5.41, 5.74) is 5.82. The lowest BCUT2D eigenvalue weighted by Gasteiger charge is -2.29. The number of pyridine rings is 1. The Balaban J connectivity index is 1.45. The Hall–Kier alpha value is -5.01. The molecule has 0 aliphatic heterocycles. The molecule has 1 fully saturated rings. The Morgan fingerprint density at radius 2 is 1.85 bits per heavy atom. The number of benzene rings is 2. The quantitative estimate of drug-likeness (QED) is 0.0740. The van der Waals surface area contributed by atoms with E-state index < -0.39 is 79.6 Å². The predicted octanol–water partition coefficient (Wildman–Crippen LogP) is 7.96. The van der Waals surface area contributed by atoms with E-state index in [1.165, 1.54) is 6.20 Å². The van der Waals surface area contributed by atoms with Crippen LogP contribution in [-0.2, 0) is 28.6 Å². The molecule has 1 amide bonds. The maximum Gasteiger partial charge on any atom is 0.293 e. The molecule has 0 radical (unpaired) electrons. The Bertz CT molecular complexity index is 2260. The third-order valence-electron chi connectivity index (χ3n) is 9.96. The maximum atomic E-state index is 15.9. The fourth-order valence-electron chi connectivity index (χ4n) is 7.37. The number of amides is 1. The highest BCUT2D eigenvalue weighted by Crippen LogP contribution is 2.68. The van der Waals surface area contributed by atoms with Gasteiger partial charge in [-0.25, -0.2) is 31.9 Å². The first kappa shape index (κ1) is 36.3. The molecule has 3 aromatic heterocycles. The molecule has 7 rings (SSSR count). The number of nitrogens with zero attached hydrogens (tertiary/aromatic N) is 6. The fourth-order valence-corrected chi connectivity index (χ4v) is 8.12. The van der Waals surface area contributed by atoms with Crippen LogP contribution in [0.1, 0.15) is 64.5 Å². The lowest BCUT2D eigenvalue weighted by atomic mass is 9.84. The van der Waals surface area contributed by atoms with Crippen LogP contribution in [0, 0.1) is 28.9 Å². The van der Waals surface area contributed by atoms with Crippen LogP contribution in [0.2, 0.25) is 25.7 Å². The molecule has 2 N–H and O–H groups in total. The number of hydrogen-bond acceptors (Lipinski definition) is 6. The molecule has 2 aliphatic carbocycles. The number of carbonyl (C=O) groups excluding carboxylic acids is 1. The van der Waals surface area contributed by atoms with Crippen LogP contribution in [0.4, 0.5) is 26.3 Å². The zero-order valence-corrected chi connectivity index (χ0v) is 30.0. The van der Waals surface area contributed by atoms with Gasteiger partial charge in [-0.3, -0.25) is 4.79 Å². The summed E-state index contributed by atoms with van der Waals surface area (Å²) in [6, 6.07) is 11.9. The van der Waals surface area contributed by atoms with Crippen molar-refractivity contribution >= 4 is 25.0 Å². The highest BCUT2D eigenvalue weighted by Gasteiger charge is 2.67. The lowest BCUT2D eigenvalue weighted by molar-refractivity contribution is -0.122. The van der Waals surface area contributed by atoms with Crippen molar-refractivity contribution in [3.05, 3.63) is 100 Å². The van der Waals surface area contributed by atoms with E-state index in [4.69, 9.17) is 15.5 Å². The monoisotopic (exact) mass is 751 g/mol. The molecule has 276 valence electrons. The number of aromatic nitrogens is 5. The number of carbonyl (C=O) groups is 1. The van der Waals surface area contributed by atoms with Crippen molar-refractivity contribution in [2.75, 3.05) is 6.61 Å². The van der Waals surface area contributed by atoms with E-state index in [0.717, 1.165) is 18.2 Å². The summed E-state index contributed by atoms with van der Waals surface area (Å²) in [5, 5.41) is 18.1. The van der Waals surface area contributed by atoms with Gasteiger partial charge in [0.2, 0.25) is 5.91 Å². The average Bonchev–Trinajstić information content (AvgIpc) is 3.56. The molecule has 0 bridgehead atoms. The van der Waals surface area contributed by atoms with E-state index in [9.17, 15) is 27.6 Å². The van der Waals surface area contributed by atoms with Gasteiger partial charge in [-0.15, -0.1) is 0 Å². The van der Waals surface area contributed by atoms with Crippen LogP contribution in [0.3, 0.4) is 0 Å². The number of nitriles is 1. The summed E-state index contributed by atoms with van der Waals surface area (Å²) in [6.07, 6.45) is -2.21. The number of fused-ring (bicyclic) bond motifs is 4. The van der Waals surface area contributed by atoms with Crippen molar-refractivity contribution in [1.29, 1.82) is 5.26 Å². The first-order chi connectivity index (χ1) is 25.1. The van der Waals surface area contributed by atoms with Gasteiger partial charge in [0.05, 0.1) is 29.0 Å². The molecule has 3 heterocycles. The number of rotatable bonds is 13. The molecule has 1 saturated carbocycles. The molecule has 2 aliphatic rings. The summed E-state index contributed by atoms with van der Waals surface area (Å²) in [6.45, 7) is 7.21. The molecule has 0 saturated heterocycles. The highest BCUT2D eigenvalue weighted by atomic mass is 28.3. The molecule has 4 atom stereocenters. The number of halogens is 6. The molecular formula is C37H35F6N7O2Si. The van der Waals surface area contributed by atoms with Crippen molar-refractivity contribution < 1.29 is 35.9 Å². The third kappa shape index (κ3) is 6.83. The van der Waals surface area contributed by atoms with Gasteiger partial charge in [0.1, 0.15) is 41.3 Å². The van der Waals surface area contributed by atoms with Crippen LogP contribution in [0.25, 0.3) is 22.2 Å².